The summed E-state index contributed by atoms with van der Waals surface area (Å²) in [5.74, 6) is -0.710. The minimum Gasteiger partial charge on any atom is -0.364 e. The van der Waals surface area contributed by atoms with Crippen LogP contribution in [0.2, 0.25) is 0 Å². The van der Waals surface area contributed by atoms with Gasteiger partial charge in [0.25, 0.3) is 5.91 Å². The van der Waals surface area contributed by atoms with Crippen molar-refractivity contribution in [1.82, 2.24) is 24.6 Å². The highest BCUT2D eigenvalue weighted by molar-refractivity contribution is 5.91. The van der Waals surface area contributed by atoms with Gasteiger partial charge in [0.1, 0.15) is 17.5 Å². The maximum atomic E-state index is 12.9. The second-order valence-corrected chi connectivity index (χ2v) is 7.11. The van der Waals surface area contributed by atoms with Crippen LogP contribution in [0.25, 0.3) is 5.69 Å². The third-order valence-corrected chi connectivity index (χ3v) is 4.97. The molecule has 2 N–H and O–H groups in total. The molecule has 4 heterocycles. The first kappa shape index (κ1) is 20.5. The number of aromatic nitrogens is 4. The molecule has 31 heavy (non-hydrogen) atoms. The van der Waals surface area contributed by atoms with E-state index >= 15 is 0 Å². The molecular formula is C20H16F3N7O. The van der Waals surface area contributed by atoms with E-state index < -0.39 is 17.8 Å². The van der Waals surface area contributed by atoms with E-state index in [4.69, 9.17) is 11.0 Å². The minimum atomic E-state index is -4.51. The van der Waals surface area contributed by atoms with Crippen molar-refractivity contribution in [2.75, 3.05) is 6.54 Å². The molecule has 0 fully saturated rings. The van der Waals surface area contributed by atoms with E-state index in [-0.39, 0.29) is 12.2 Å². The monoisotopic (exact) mass is 427 g/mol. The molecule has 0 radical (unpaired) electrons. The van der Waals surface area contributed by atoms with Gasteiger partial charge in [0, 0.05) is 37.6 Å². The van der Waals surface area contributed by atoms with E-state index in [0.717, 1.165) is 17.8 Å². The largest absolute Gasteiger partial charge is 0.433 e. The topological polar surface area (TPSA) is 114 Å². The molecule has 0 aromatic carbocycles. The first-order chi connectivity index (χ1) is 14.7. The zero-order chi connectivity index (χ0) is 22.2. The van der Waals surface area contributed by atoms with Crippen molar-refractivity contribution in [2.24, 2.45) is 5.73 Å². The van der Waals surface area contributed by atoms with Crippen molar-refractivity contribution in [3.63, 3.8) is 0 Å². The molecule has 11 heteroatoms. The molecule has 1 amide bonds. The second-order valence-electron chi connectivity index (χ2n) is 7.11. The van der Waals surface area contributed by atoms with Gasteiger partial charge in [-0.3, -0.25) is 14.7 Å². The van der Waals surface area contributed by atoms with Crippen molar-refractivity contribution >= 4 is 5.91 Å². The van der Waals surface area contributed by atoms with E-state index in [2.05, 4.69) is 15.1 Å². The molecule has 8 nitrogen and oxygen atoms in total. The number of nitriles is 1. The Hall–Kier alpha value is -3.78. The Morgan fingerprint density at radius 3 is 2.81 bits per heavy atom. The van der Waals surface area contributed by atoms with E-state index in [1.165, 1.54) is 23.0 Å². The van der Waals surface area contributed by atoms with Crippen molar-refractivity contribution < 1.29 is 18.0 Å². The minimum absolute atomic E-state index is 0.0490. The molecule has 1 aliphatic heterocycles. The van der Waals surface area contributed by atoms with Crippen LogP contribution in [0, 0.1) is 11.3 Å². The van der Waals surface area contributed by atoms with Crippen LogP contribution >= 0.6 is 0 Å². The molecule has 1 aliphatic rings. The average molecular weight is 427 g/mol. The molecule has 3 aromatic heterocycles. The van der Waals surface area contributed by atoms with Gasteiger partial charge in [0.15, 0.2) is 0 Å². The van der Waals surface area contributed by atoms with Crippen LogP contribution in [0.4, 0.5) is 13.2 Å². The number of alkyl halides is 3. The number of amides is 1. The van der Waals surface area contributed by atoms with Gasteiger partial charge in [-0.15, -0.1) is 0 Å². The average Bonchev–Trinajstić information content (AvgIpc) is 3.21. The highest BCUT2D eigenvalue weighted by Gasteiger charge is 2.32. The standard InChI is InChI=1S/C20H16F3N7O/c21-20(22,23)18-5-12(1-3-26-18)9-29-4-2-14-16(11-29)28-15(19(25)31)6-17(14)30-10-13(7-24)8-27-30/h1,3,5-6,8,10H,2,4,9,11H2,(H2,25,31). The molecule has 0 unspecified atom stereocenters. The summed E-state index contributed by atoms with van der Waals surface area (Å²) >= 11 is 0. The van der Waals surface area contributed by atoms with Crippen LogP contribution in [-0.4, -0.2) is 37.1 Å². The summed E-state index contributed by atoms with van der Waals surface area (Å²) in [7, 11) is 0. The van der Waals surface area contributed by atoms with E-state index in [1.807, 2.05) is 11.0 Å². The fourth-order valence-electron chi connectivity index (χ4n) is 3.54. The van der Waals surface area contributed by atoms with Crippen molar-refractivity contribution in [1.29, 1.82) is 5.26 Å². The van der Waals surface area contributed by atoms with Gasteiger partial charge in [-0.25, -0.2) is 9.67 Å². The van der Waals surface area contributed by atoms with Crippen LogP contribution < -0.4 is 5.73 Å². The van der Waals surface area contributed by atoms with Crippen LogP contribution in [0.3, 0.4) is 0 Å². The molecule has 158 valence electrons. The highest BCUT2D eigenvalue weighted by atomic mass is 19.4. The lowest BCUT2D eigenvalue weighted by Gasteiger charge is -2.29. The van der Waals surface area contributed by atoms with Gasteiger partial charge < -0.3 is 5.73 Å². The summed E-state index contributed by atoms with van der Waals surface area (Å²) in [4.78, 5) is 21.5. The normalized spacial score (nSPS) is 14.1. The lowest BCUT2D eigenvalue weighted by atomic mass is 10.0. The molecule has 0 bridgehead atoms. The Morgan fingerprint density at radius 2 is 2.13 bits per heavy atom. The summed E-state index contributed by atoms with van der Waals surface area (Å²) in [6, 6.07) is 6.10. The lowest BCUT2D eigenvalue weighted by molar-refractivity contribution is -0.141. The Bertz CT molecular complexity index is 1200. The Kier molecular flexibility index (Phi) is 5.16. The lowest BCUT2D eigenvalue weighted by Crippen LogP contribution is -2.32. The number of carbonyl (C=O) groups excluding carboxylic acids is 1. The van der Waals surface area contributed by atoms with E-state index in [1.54, 1.807) is 6.20 Å². The predicted molar refractivity (Wildman–Crippen MR) is 102 cm³/mol. The molecule has 0 aliphatic carbocycles. The number of nitrogens with two attached hydrogens (primary N) is 1. The summed E-state index contributed by atoms with van der Waals surface area (Å²) in [5, 5.41) is 13.2. The highest BCUT2D eigenvalue weighted by Crippen LogP contribution is 2.29. The summed E-state index contributed by atoms with van der Waals surface area (Å²) < 4.78 is 40.3. The van der Waals surface area contributed by atoms with E-state index in [9.17, 15) is 18.0 Å². The van der Waals surface area contributed by atoms with Crippen LogP contribution in [-0.2, 0) is 25.7 Å². The zero-order valence-corrected chi connectivity index (χ0v) is 16.1. The van der Waals surface area contributed by atoms with Crippen molar-refractivity contribution in [2.45, 2.75) is 25.7 Å². The molecule has 4 rings (SSSR count). The van der Waals surface area contributed by atoms with Gasteiger partial charge in [0.2, 0.25) is 0 Å². The first-order valence-corrected chi connectivity index (χ1v) is 9.27. The van der Waals surface area contributed by atoms with Crippen molar-refractivity contribution in [3.05, 3.63) is 70.6 Å². The smallest absolute Gasteiger partial charge is 0.364 e. The first-order valence-electron chi connectivity index (χ1n) is 9.27. The summed E-state index contributed by atoms with van der Waals surface area (Å²) in [5.41, 5.74) is 7.42. The SMILES string of the molecule is N#Cc1cnn(-c2cc(C(N)=O)nc3c2CCN(Cc2ccnc(C(F)(F)F)c2)C3)c1. The second kappa shape index (κ2) is 7.81. The quantitative estimate of drug-likeness (QED) is 0.683. The molecule has 0 spiro atoms. The number of rotatable bonds is 4. The fraction of sp³-hybridized carbons (Fsp3) is 0.250. The van der Waals surface area contributed by atoms with Gasteiger partial charge in [-0.05, 0) is 30.2 Å². The summed E-state index contributed by atoms with van der Waals surface area (Å²) in [6.45, 7) is 1.15. The van der Waals surface area contributed by atoms with Crippen LogP contribution in [0.15, 0.2) is 36.8 Å². The van der Waals surface area contributed by atoms with Crippen LogP contribution in [0.1, 0.15) is 38.6 Å². The van der Waals surface area contributed by atoms with Gasteiger partial charge >= 0.3 is 6.18 Å². The third-order valence-electron chi connectivity index (χ3n) is 4.97. The van der Waals surface area contributed by atoms with Gasteiger partial charge in [-0.2, -0.15) is 23.5 Å². The van der Waals surface area contributed by atoms with Gasteiger partial charge in [0.05, 0.1) is 23.1 Å². The molecule has 3 aromatic rings. The summed E-state index contributed by atoms with van der Waals surface area (Å²) in [6.07, 6.45) is 0.122. The zero-order valence-electron chi connectivity index (χ0n) is 16.1. The number of hydrogen-bond donors (Lipinski definition) is 1. The number of carbonyl (C=O) groups is 1. The van der Waals surface area contributed by atoms with Gasteiger partial charge in [-0.1, -0.05) is 0 Å². The number of nitrogens with zero attached hydrogens (tertiary/aromatic N) is 6. The number of pyridine rings is 2. The molecule has 0 saturated carbocycles. The Morgan fingerprint density at radius 1 is 1.32 bits per heavy atom. The van der Waals surface area contributed by atoms with Crippen LogP contribution in [0.5, 0.6) is 0 Å². The Balaban J connectivity index is 1.64. The number of fused-ring (bicyclic) bond motifs is 1. The third kappa shape index (κ3) is 4.24. The molecule has 0 saturated heterocycles. The van der Waals surface area contributed by atoms with Crippen molar-refractivity contribution in [3.8, 4) is 11.8 Å². The Labute approximate surface area is 174 Å². The molecular weight excluding hydrogens is 411 g/mol. The fourth-order valence-corrected chi connectivity index (χ4v) is 3.54. The predicted octanol–water partition coefficient (Wildman–Crippen LogP) is 2.21. The molecule has 0 atom stereocenters. The maximum Gasteiger partial charge on any atom is 0.433 e. The number of halogens is 3. The number of primary amides is 1. The van der Waals surface area contributed by atoms with E-state index in [0.29, 0.717) is 42.0 Å². The number of hydrogen-bond acceptors (Lipinski definition) is 6. The maximum absolute atomic E-state index is 12.9.